The van der Waals surface area contributed by atoms with Crippen molar-refractivity contribution in [2.45, 2.75) is 26.3 Å². The Bertz CT molecular complexity index is 420. The molecule has 0 aromatic heterocycles. The normalized spacial score (nSPS) is 21.5. The van der Waals surface area contributed by atoms with Crippen molar-refractivity contribution in [3.63, 3.8) is 0 Å². The highest BCUT2D eigenvalue weighted by molar-refractivity contribution is 5.97. The highest BCUT2D eigenvalue weighted by Gasteiger charge is 2.39. The lowest BCUT2D eigenvalue weighted by Gasteiger charge is -2.32. The molecule has 3 heteroatoms. The van der Waals surface area contributed by atoms with Gasteiger partial charge in [-0.2, -0.15) is 0 Å². The fourth-order valence-corrected chi connectivity index (χ4v) is 3.30. The molecule has 1 saturated heterocycles. The standard InChI is InChI=1S/C16H24N2O/c1-12(2)15(17(3)4)14-10-11-18(16(14)19)13-8-6-5-7-9-13/h5-9,12,14-15H,10-11H2,1-4H3. The summed E-state index contributed by atoms with van der Waals surface area (Å²) in [6, 6.07) is 10.3. The van der Waals surface area contributed by atoms with Crippen LogP contribution in [0.1, 0.15) is 20.3 Å². The van der Waals surface area contributed by atoms with Crippen LogP contribution in [0.3, 0.4) is 0 Å². The molecular weight excluding hydrogens is 236 g/mol. The minimum Gasteiger partial charge on any atom is -0.312 e. The summed E-state index contributed by atoms with van der Waals surface area (Å²) in [6.45, 7) is 5.23. The monoisotopic (exact) mass is 260 g/mol. The van der Waals surface area contributed by atoms with Crippen LogP contribution >= 0.6 is 0 Å². The summed E-state index contributed by atoms with van der Waals surface area (Å²) in [4.78, 5) is 16.8. The van der Waals surface area contributed by atoms with Gasteiger partial charge in [-0.3, -0.25) is 4.79 Å². The Morgan fingerprint density at radius 2 is 1.84 bits per heavy atom. The zero-order valence-electron chi connectivity index (χ0n) is 12.3. The Balaban J connectivity index is 2.18. The molecule has 1 fully saturated rings. The molecule has 19 heavy (non-hydrogen) atoms. The number of benzene rings is 1. The summed E-state index contributed by atoms with van der Waals surface area (Å²) >= 11 is 0. The number of anilines is 1. The van der Waals surface area contributed by atoms with E-state index in [1.165, 1.54) is 0 Å². The molecule has 1 aromatic rings. The van der Waals surface area contributed by atoms with Crippen molar-refractivity contribution < 1.29 is 4.79 Å². The molecule has 1 amide bonds. The van der Waals surface area contributed by atoms with Crippen molar-refractivity contribution in [2.24, 2.45) is 11.8 Å². The molecule has 1 aliphatic rings. The second-order valence-corrected chi connectivity index (χ2v) is 5.92. The predicted molar refractivity (Wildman–Crippen MR) is 79.2 cm³/mol. The maximum atomic E-state index is 12.7. The van der Waals surface area contributed by atoms with Crippen molar-refractivity contribution in [3.05, 3.63) is 30.3 Å². The smallest absolute Gasteiger partial charge is 0.231 e. The van der Waals surface area contributed by atoms with Gasteiger partial charge in [0.05, 0.1) is 5.92 Å². The topological polar surface area (TPSA) is 23.6 Å². The second-order valence-electron chi connectivity index (χ2n) is 5.92. The SMILES string of the molecule is CC(C)C(C1CCN(c2ccccc2)C1=O)N(C)C. The Hall–Kier alpha value is -1.35. The number of amides is 1. The lowest BCUT2D eigenvalue weighted by molar-refractivity contribution is -0.122. The molecule has 0 bridgehead atoms. The maximum absolute atomic E-state index is 12.7. The molecule has 104 valence electrons. The zero-order chi connectivity index (χ0) is 14.0. The molecule has 1 heterocycles. The number of nitrogens with zero attached hydrogens (tertiary/aromatic N) is 2. The van der Waals surface area contributed by atoms with Gasteiger partial charge in [0, 0.05) is 18.3 Å². The van der Waals surface area contributed by atoms with Crippen LogP contribution in [0.4, 0.5) is 5.69 Å². The highest BCUT2D eigenvalue weighted by atomic mass is 16.2. The van der Waals surface area contributed by atoms with E-state index < -0.39 is 0 Å². The lowest BCUT2D eigenvalue weighted by atomic mass is 9.88. The fourth-order valence-electron chi connectivity index (χ4n) is 3.30. The molecule has 3 nitrogen and oxygen atoms in total. The van der Waals surface area contributed by atoms with Crippen molar-refractivity contribution >= 4 is 11.6 Å². The first kappa shape index (κ1) is 14.1. The van der Waals surface area contributed by atoms with Crippen molar-refractivity contribution in [2.75, 3.05) is 25.5 Å². The van der Waals surface area contributed by atoms with Crippen LogP contribution in [0.15, 0.2) is 30.3 Å². The summed E-state index contributed by atoms with van der Waals surface area (Å²) in [5.74, 6) is 0.883. The van der Waals surface area contributed by atoms with Crippen LogP contribution < -0.4 is 4.90 Å². The van der Waals surface area contributed by atoms with Gasteiger partial charge < -0.3 is 9.80 Å². The average Bonchev–Trinajstić information content (AvgIpc) is 2.72. The van der Waals surface area contributed by atoms with Gasteiger partial charge >= 0.3 is 0 Å². The maximum Gasteiger partial charge on any atom is 0.231 e. The number of hydrogen-bond donors (Lipinski definition) is 0. The van der Waals surface area contributed by atoms with E-state index in [-0.39, 0.29) is 11.8 Å². The number of rotatable bonds is 4. The van der Waals surface area contributed by atoms with Crippen molar-refractivity contribution in [1.82, 2.24) is 4.90 Å². The first-order valence-electron chi connectivity index (χ1n) is 7.05. The third-order valence-corrected chi connectivity index (χ3v) is 4.01. The van der Waals surface area contributed by atoms with Gasteiger partial charge in [0.15, 0.2) is 0 Å². The van der Waals surface area contributed by atoms with Crippen molar-refractivity contribution in [1.29, 1.82) is 0 Å². The zero-order valence-corrected chi connectivity index (χ0v) is 12.3. The van der Waals surface area contributed by atoms with Gasteiger partial charge in [0.2, 0.25) is 5.91 Å². The van der Waals surface area contributed by atoms with E-state index in [0.717, 1.165) is 18.7 Å². The summed E-state index contributed by atoms with van der Waals surface area (Å²) in [7, 11) is 4.15. The largest absolute Gasteiger partial charge is 0.312 e. The van der Waals surface area contributed by atoms with Crippen LogP contribution in [-0.2, 0) is 4.79 Å². The van der Waals surface area contributed by atoms with Gasteiger partial charge in [-0.05, 0) is 38.6 Å². The van der Waals surface area contributed by atoms with Gasteiger partial charge in [-0.25, -0.2) is 0 Å². The summed E-state index contributed by atoms with van der Waals surface area (Å²) in [6.07, 6.45) is 0.953. The molecule has 2 unspecified atom stereocenters. The van der Waals surface area contributed by atoms with E-state index in [2.05, 4.69) is 32.8 Å². The van der Waals surface area contributed by atoms with Crippen LogP contribution in [0.2, 0.25) is 0 Å². The second kappa shape index (κ2) is 5.74. The minimum absolute atomic E-state index is 0.121. The molecule has 2 rings (SSSR count). The molecule has 1 aromatic carbocycles. The Morgan fingerprint density at radius 1 is 1.21 bits per heavy atom. The number of para-hydroxylation sites is 1. The summed E-state index contributed by atoms with van der Waals surface area (Å²) < 4.78 is 0. The van der Waals surface area contributed by atoms with Gasteiger partial charge in [0.1, 0.15) is 0 Å². The third kappa shape index (κ3) is 2.81. The molecule has 0 aliphatic carbocycles. The van der Waals surface area contributed by atoms with E-state index in [1.807, 2.05) is 35.2 Å². The molecule has 0 saturated carbocycles. The average molecular weight is 260 g/mol. The number of hydrogen-bond acceptors (Lipinski definition) is 2. The fraction of sp³-hybridized carbons (Fsp3) is 0.562. The van der Waals surface area contributed by atoms with Crippen LogP contribution in [0, 0.1) is 11.8 Å². The van der Waals surface area contributed by atoms with E-state index in [0.29, 0.717) is 12.0 Å². The molecule has 0 N–H and O–H groups in total. The Kier molecular flexibility index (Phi) is 4.25. The van der Waals surface area contributed by atoms with E-state index in [9.17, 15) is 4.79 Å². The van der Waals surface area contributed by atoms with Crippen LogP contribution in [0.25, 0.3) is 0 Å². The quantitative estimate of drug-likeness (QED) is 0.831. The minimum atomic E-state index is 0.121. The highest BCUT2D eigenvalue weighted by Crippen LogP contribution is 2.31. The molecule has 0 spiro atoms. The first-order valence-corrected chi connectivity index (χ1v) is 7.05. The van der Waals surface area contributed by atoms with E-state index >= 15 is 0 Å². The van der Waals surface area contributed by atoms with Crippen LogP contribution in [0.5, 0.6) is 0 Å². The number of carbonyl (C=O) groups is 1. The summed E-state index contributed by atoms with van der Waals surface area (Å²) in [5.41, 5.74) is 1.02. The molecule has 2 atom stereocenters. The summed E-state index contributed by atoms with van der Waals surface area (Å²) in [5, 5.41) is 0. The van der Waals surface area contributed by atoms with E-state index in [4.69, 9.17) is 0 Å². The van der Waals surface area contributed by atoms with Crippen molar-refractivity contribution in [3.8, 4) is 0 Å². The number of carbonyl (C=O) groups excluding carboxylic acids is 1. The Morgan fingerprint density at radius 3 is 2.37 bits per heavy atom. The molecular formula is C16H24N2O. The first-order chi connectivity index (χ1) is 9.02. The van der Waals surface area contributed by atoms with Crippen LogP contribution in [-0.4, -0.2) is 37.5 Å². The van der Waals surface area contributed by atoms with Gasteiger partial charge in [0.25, 0.3) is 0 Å². The van der Waals surface area contributed by atoms with E-state index in [1.54, 1.807) is 0 Å². The third-order valence-electron chi connectivity index (χ3n) is 4.01. The van der Waals surface area contributed by atoms with Gasteiger partial charge in [-0.15, -0.1) is 0 Å². The lowest BCUT2D eigenvalue weighted by Crippen LogP contribution is -2.43. The molecule has 0 radical (unpaired) electrons. The Labute approximate surface area is 116 Å². The predicted octanol–water partition coefficient (Wildman–Crippen LogP) is 2.63. The van der Waals surface area contributed by atoms with Gasteiger partial charge in [-0.1, -0.05) is 32.0 Å². The molecule has 1 aliphatic heterocycles.